The molecule has 0 rings (SSSR count). The minimum absolute atomic E-state index is 1.26. The van der Waals surface area contributed by atoms with E-state index in [2.05, 4.69) is 10.7 Å². The molecular weight excluding hydrogens is 90.1 g/mol. The van der Waals surface area contributed by atoms with E-state index in [-0.39, 0.29) is 0 Å². The van der Waals surface area contributed by atoms with Crippen molar-refractivity contribution in [3.63, 3.8) is 0 Å². The molecule has 0 saturated heterocycles. The van der Waals surface area contributed by atoms with Crippen molar-refractivity contribution in [2.24, 2.45) is 4.99 Å². The van der Waals surface area contributed by atoms with Gasteiger partial charge in [-0.1, -0.05) is 0 Å². The SMILES string of the molecule is CC=C=CN=C=O. The molecule has 0 aromatic heterocycles. The van der Waals surface area contributed by atoms with E-state index < -0.39 is 0 Å². The van der Waals surface area contributed by atoms with E-state index in [1.54, 1.807) is 13.0 Å². The van der Waals surface area contributed by atoms with Crippen molar-refractivity contribution in [1.29, 1.82) is 0 Å². The van der Waals surface area contributed by atoms with Gasteiger partial charge in [-0.25, -0.2) is 4.79 Å². The van der Waals surface area contributed by atoms with Gasteiger partial charge in [0.1, 0.15) is 0 Å². The van der Waals surface area contributed by atoms with Crippen molar-refractivity contribution in [1.82, 2.24) is 0 Å². The van der Waals surface area contributed by atoms with Gasteiger partial charge in [-0.3, -0.25) is 0 Å². The molecule has 2 heteroatoms. The summed E-state index contributed by atoms with van der Waals surface area (Å²) in [6, 6.07) is 0. The normalized spacial score (nSPS) is 5.29. The van der Waals surface area contributed by atoms with Gasteiger partial charge in [0.25, 0.3) is 0 Å². The molecule has 0 N–H and O–H groups in total. The quantitative estimate of drug-likeness (QED) is 0.271. The summed E-state index contributed by atoms with van der Waals surface area (Å²) in [5, 5.41) is 0. The maximum Gasteiger partial charge on any atom is 0.240 e. The lowest BCUT2D eigenvalue weighted by atomic mass is 10.7. The Bertz CT molecular complexity index is 136. The smallest absolute Gasteiger partial charge is 0.211 e. The van der Waals surface area contributed by atoms with E-state index in [0.717, 1.165) is 0 Å². The number of isocyanates is 1. The minimum Gasteiger partial charge on any atom is -0.211 e. The molecule has 0 aromatic carbocycles. The first-order valence-corrected chi connectivity index (χ1v) is 1.84. The number of nitrogens with zero attached hydrogens (tertiary/aromatic N) is 1. The lowest BCUT2D eigenvalue weighted by Crippen LogP contribution is -1.41. The third kappa shape index (κ3) is 4.90. The van der Waals surface area contributed by atoms with Gasteiger partial charge in [0.2, 0.25) is 6.08 Å². The molecular formula is C5H5NO. The van der Waals surface area contributed by atoms with Gasteiger partial charge in [-0.05, 0) is 13.0 Å². The van der Waals surface area contributed by atoms with E-state index in [4.69, 9.17) is 0 Å². The number of hydrogen-bond acceptors (Lipinski definition) is 2. The van der Waals surface area contributed by atoms with Gasteiger partial charge in [0, 0.05) is 0 Å². The summed E-state index contributed by atoms with van der Waals surface area (Å²) in [4.78, 5) is 12.4. The molecule has 0 aliphatic carbocycles. The van der Waals surface area contributed by atoms with E-state index in [9.17, 15) is 4.79 Å². The van der Waals surface area contributed by atoms with E-state index in [1.165, 1.54) is 12.3 Å². The molecule has 0 aliphatic heterocycles. The average Bonchev–Trinajstić information content (AvgIpc) is 1.69. The first-order chi connectivity index (χ1) is 3.41. The van der Waals surface area contributed by atoms with Gasteiger partial charge in [0.05, 0.1) is 6.20 Å². The van der Waals surface area contributed by atoms with Crippen molar-refractivity contribution < 1.29 is 4.79 Å². The van der Waals surface area contributed by atoms with Crippen LogP contribution >= 0.6 is 0 Å². The van der Waals surface area contributed by atoms with Gasteiger partial charge < -0.3 is 0 Å². The van der Waals surface area contributed by atoms with Crippen LogP contribution in [0.5, 0.6) is 0 Å². The third-order valence-corrected chi connectivity index (χ3v) is 0.358. The second-order valence-corrected chi connectivity index (χ2v) is 0.805. The van der Waals surface area contributed by atoms with Crippen LogP contribution in [-0.4, -0.2) is 6.08 Å². The summed E-state index contributed by atoms with van der Waals surface area (Å²) in [5.41, 5.74) is 2.57. The van der Waals surface area contributed by atoms with Crippen molar-refractivity contribution in [3.8, 4) is 0 Å². The second kappa shape index (κ2) is 4.90. The maximum absolute atomic E-state index is 9.30. The molecule has 0 atom stereocenters. The Labute approximate surface area is 41.9 Å². The molecule has 0 aromatic rings. The number of rotatable bonds is 1. The molecule has 0 fully saturated rings. The Balaban J connectivity index is 3.71. The van der Waals surface area contributed by atoms with Gasteiger partial charge >= 0.3 is 0 Å². The number of aliphatic imine (C=N–C) groups is 1. The highest BCUT2D eigenvalue weighted by Gasteiger charge is 1.48. The van der Waals surface area contributed by atoms with Crippen LogP contribution in [0, 0.1) is 0 Å². The Morgan fingerprint density at radius 3 is 2.86 bits per heavy atom. The second-order valence-electron chi connectivity index (χ2n) is 0.805. The van der Waals surface area contributed by atoms with Crippen LogP contribution in [-0.2, 0) is 4.79 Å². The van der Waals surface area contributed by atoms with Crippen LogP contribution in [0.4, 0.5) is 0 Å². The van der Waals surface area contributed by atoms with E-state index in [1.807, 2.05) is 0 Å². The molecule has 0 spiro atoms. The maximum atomic E-state index is 9.30. The zero-order valence-corrected chi connectivity index (χ0v) is 4.01. The standard InChI is InChI=1S/C5H5NO/c1-2-3-4-6-5-7/h2,4H,1H3. The molecule has 2 nitrogen and oxygen atoms in total. The Kier molecular flexibility index (Phi) is 4.13. The largest absolute Gasteiger partial charge is 0.240 e. The van der Waals surface area contributed by atoms with Crippen LogP contribution in [0.2, 0.25) is 0 Å². The average molecular weight is 95.1 g/mol. The third-order valence-electron chi connectivity index (χ3n) is 0.358. The van der Waals surface area contributed by atoms with Crippen molar-refractivity contribution in [2.75, 3.05) is 0 Å². The highest BCUT2D eigenvalue weighted by Crippen LogP contribution is 1.63. The van der Waals surface area contributed by atoms with E-state index in [0.29, 0.717) is 0 Å². The van der Waals surface area contributed by atoms with Crippen LogP contribution < -0.4 is 0 Å². The van der Waals surface area contributed by atoms with Crippen LogP contribution in [0.3, 0.4) is 0 Å². The molecule has 36 valence electrons. The summed E-state index contributed by atoms with van der Waals surface area (Å²) >= 11 is 0. The molecule has 0 heterocycles. The Morgan fingerprint density at radius 2 is 2.43 bits per heavy atom. The van der Waals surface area contributed by atoms with E-state index >= 15 is 0 Å². The van der Waals surface area contributed by atoms with Gasteiger partial charge in [0.15, 0.2) is 0 Å². The highest BCUT2D eigenvalue weighted by atomic mass is 16.1. The highest BCUT2D eigenvalue weighted by molar-refractivity contribution is 5.34. The van der Waals surface area contributed by atoms with Crippen molar-refractivity contribution in [2.45, 2.75) is 6.92 Å². The fourth-order valence-electron chi connectivity index (χ4n) is 0.138. The van der Waals surface area contributed by atoms with Crippen molar-refractivity contribution in [3.05, 3.63) is 18.0 Å². The molecule has 0 unspecified atom stereocenters. The number of carbonyl (C=O) groups excluding carboxylic acids is 1. The van der Waals surface area contributed by atoms with Gasteiger partial charge in [-0.15, -0.1) is 5.73 Å². The van der Waals surface area contributed by atoms with Crippen LogP contribution in [0.25, 0.3) is 0 Å². The minimum atomic E-state index is 1.26. The predicted octanol–water partition coefficient (Wildman–Crippen LogP) is 1.01. The number of allylic oxidation sites excluding steroid dienone is 1. The zero-order valence-electron chi connectivity index (χ0n) is 4.01. The fourth-order valence-corrected chi connectivity index (χ4v) is 0.138. The summed E-state index contributed by atoms with van der Waals surface area (Å²) in [7, 11) is 0. The molecule has 0 saturated carbocycles. The first-order valence-electron chi connectivity index (χ1n) is 1.84. The van der Waals surface area contributed by atoms with Crippen LogP contribution in [0.1, 0.15) is 6.92 Å². The predicted molar refractivity (Wildman–Crippen MR) is 26.4 cm³/mol. The fraction of sp³-hybridized carbons (Fsp3) is 0.200. The summed E-state index contributed by atoms with van der Waals surface area (Å²) in [6.07, 6.45) is 4.25. The van der Waals surface area contributed by atoms with Crippen LogP contribution in [0.15, 0.2) is 23.0 Å². The Hall–Kier alpha value is -1.10. The number of hydrogen-bond donors (Lipinski definition) is 0. The molecule has 0 amide bonds. The summed E-state index contributed by atoms with van der Waals surface area (Å²) in [6.45, 7) is 1.79. The topological polar surface area (TPSA) is 29.4 Å². The monoisotopic (exact) mass is 95.0 g/mol. The lowest BCUT2D eigenvalue weighted by molar-refractivity contribution is 0.565. The Morgan fingerprint density at radius 1 is 1.71 bits per heavy atom. The molecule has 0 radical (unpaired) electrons. The first kappa shape index (κ1) is 5.90. The zero-order chi connectivity index (χ0) is 5.54. The van der Waals surface area contributed by atoms with Crippen molar-refractivity contribution >= 4 is 6.08 Å². The molecule has 0 bridgehead atoms. The van der Waals surface area contributed by atoms with Gasteiger partial charge in [-0.2, -0.15) is 4.99 Å². The molecule has 7 heavy (non-hydrogen) atoms. The lowest BCUT2D eigenvalue weighted by Gasteiger charge is -1.53. The summed E-state index contributed by atoms with van der Waals surface area (Å²) in [5.74, 6) is 0. The summed E-state index contributed by atoms with van der Waals surface area (Å²) < 4.78 is 0. The molecule has 0 aliphatic rings.